The van der Waals surface area contributed by atoms with Crippen LogP contribution in [0, 0.1) is 0 Å². The fourth-order valence-corrected chi connectivity index (χ4v) is 4.00. The van der Waals surface area contributed by atoms with E-state index in [1.165, 1.54) is 44.3 Å². The first-order valence-corrected chi connectivity index (χ1v) is 9.59. The van der Waals surface area contributed by atoms with Crippen LogP contribution in [-0.2, 0) is 6.54 Å². The Kier molecular flexibility index (Phi) is 5.08. The van der Waals surface area contributed by atoms with Gasteiger partial charge in [0.25, 0.3) is 0 Å². The van der Waals surface area contributed by atoms with E-state index >= 15 is 0 Å². The molecule has 1 aromatic heterocycles. The summed E-state index contributed by atoms with van der Waals surface area (Å²) < 4.78 is 1.95. The first-order chi connectivity index (χ1) is 12.3. The molecule has 1 aliphatic carbocycles. The van der Waals surface area contributed by atoms with Crippen molar-refractivity contribution < 1.29 is 0 Å². The van der Waals surface area contributed by atoms with E-state index in [1.807, 2.05) is 10.7 Å². The number of rotatable bonds is 5. The van der Waals surface area contributed by atoms with Gasteiger partial charge in [0.1, 0.15) is 0 Å². The van der Waals surface area contributed by atoms with Crippen LogP contribution in [0.15, 0.2) is 30.3 Å². The fourth-order valence-electron chi connectivity index (χ4n) is 4.00. The van der Waals surface area contributed by atoms with E-state index in [0.29, 0.717) is 0 Å². The van der Waals surface area contributed by atoms with Crippen LogP contribution in [0.3, 0.4) is 0 Å². The first kappa shape index (κ1) is 16.7. The smallest absolute Gasteiger partial charge is 0.168 e. The Bertz CT molecular complexity index is 666. The highest BCUT2D eigenvalue weighted by Crippen LogP contribution is 2.27. The van der Waals surface area contributed by atoms with Gasteiger partial charge in [-0.15, -0.1) is 5.10 Å². The number of aromatic nitrogens is 4. The molecule has 134 valence electrons. The van der Waals surface area contributed by atoms with Crippen molar-refractivity contribution >= 4 is 0 Å². The zero-order valence-electron chi connectivity index (χ0n) is 15.1. The highest BCUT2D eigenvalue weighted by atomic mass is 15.5. The van der Waals surface area contributed by atoms with Crippen LogP contribution < -0.4 is 0 Å². The Morgan fingerprint density at radius 2 is 1.88 bits per heavy atom. The summed E-state index contributed by atoms with van der Waals surface area (Å²) >= 11 is 0. The van der Waals surface area contributed by atoms with Crippen molar-refractivity contribution in [1.82, 2.24) is 30.0 Å². The second-order valence-electron chi connectivity index (χ2n) is 7.37. The van der Waals surface area contributed by atoms with Crippen LogP contribution in [0.5, 0.6) is 0 Å². The minimum atomic E-state index is 0.250. The van der Waals surface area contributed by atoms with Gasteiger partial charge in [0.05, 0.1) is 12.6 Å². The van der Waals surface area contributed by atoms with Gasteiger partial charge in [-0.05, 0) is 48.7 Å². The van der Waals surface area contributed by atoms with E-state index in [9.17, 15) is 0 Å². The highest BCUT2D eigenvalue weighted by Gasteiger charge is 2.29. The Morgan fingerprint density at radius 3 is 2.64 bits per heavy atom. The molecule has 1 saturated carbocycles. The quantitative estimate of drug-likeness (QED) is 0.836. The van der Waals surface area contributed by atoms with Gasteiger partial charge in [0.15, 0.2) is 5.82 Å². The molecule has 6 heteroatoms. The zero-order valence-corrected chi connectivity index (χ0v) is 15.1. The molecule has 1 atom stereocenters. The summed E-state index contributed by atoms with van der Waals surface area (Å²) in [6.45, 7) is 7.62. The molecule has 1 aliphatic heterocycles. The van der Waals surface area contributed by atoms with Crippen molar-refractivity contribution in [2.75, 3.05) is 26.2 Å². The molecular weight excluding hydrogens is 312 g/mol. The minimum absolute atomic E-state index is 0.250. The lowest BCUT2D eigenvalue weighted by Crippen LogP contribution is -2.42. The monoisotopic (exact) mass is 340 g/mol. The average Bonchev–Trinajstić information content (AvgIpc) is 2.91. The standard InChI is InChI=1S/C19H28N6/c1-16(23-11-6-12-24(14-13-23)18-9-5-10-18)19-20-21-22-25(19)15-17-7-3-2-4-8-17/h2-4,7-8,16,18H,5-6,9-15H2,1H3. The summed E-state index contributed by atoms with van der Waals surface area (Å²) in [4.78, 5) is 5.25. The molecule has 0 N–H and O–H groups in total. The molecular formula is C19H28N6. The summed E-state index contributed by atoms with van der Waals surface area (Å²) in [7, 11) is 0. The molecule has 1 unspecified atom stereocenters. The molecule has 2 aromatic rings. The molecule has 1 aromatic carbocycles. The van der Waals surface area contributed by atoms with Crippen LogP contribution in [0.1, 0.15) is 50.0 Å². The molecule has 4 rings (SSSR count). The molecule has 1 saturated heterocycles. The maximum atomic E-state index is 4.35. The molecule has 0 amide bonds. The summed E-state index contributed by atoms with van der Waals surface area (Å²) in [6, 6.07) is 11.5. The van der Waals surface area contributed by atoms with Gasteiger partial charge in [-0.25, -0.2) is 4.68 Å². The zero-order chi connectivity index (χ0) is 17.1. The maximum absolute atomic E-state index is 4.35. The van der Waals surface area contributed by atoms with E-state index in [4.69, 9.17) is 0 Å². The first-order valence-electron chi connectivity index (χ1n) is 9.59. The highest BCUT2D eigenvalue weighted by molar-refractivity contribution is 5.15. The Balaban J connectivity index is 1.42. The number of hydrogen-bond donors (Lipinski definition) is 0. The number of nitrogens with zero attached hydrogens (tertiary/aromatic N) is 6. The van der Waals surface area contributed by atoms with Crippen molar-refractivity contribution in [3.05, 3.63) is 41.7 Å². The summed E-state index contributed by atoms with van der Waals surface area (Å²) in [6.07, 6.45) is 5.44. The number of tetrazole rings is 1. The van der Waals surface area contributed by atoms with Gasteiger partial charge in [-0.1, -0.05) is 36.8 Å². The second kappa shape index (κ2) is 7.62. The van der Waals surface area contributed by atoms with E-state index in [1.54, 1.807) is 0 Å². The van der Waals surface area contributed by atoms with Gasteiger partial charge in [0.2, 0.25) is 0 Å². The molecule has 25 heavy (non-hydrogen) atoms. The predicted molar refractivity (Wildman–Crippen MR) is 97.2 cm³/mol. The normalized spacial score (nSPS) is 21.6. The van der Waals surface area contributed by atoms with Crippen molar-refractivity contribution in [3.63, 3.8) is 0 Å². The SMILES string of the molecule is CC(c1nnnn1Cc1ccccc1)N1CCCN(C2CCC2)CC1. The lowest BCUT2D eigenvalue weighted by molar-refractivity contribution is 0.126. The average molecular weight is 340 g/mol. The molecule has 0 spiro atoms. The van der Waals surface area contributed by atoms with E-state index in [-0.39, 0.29) is 6.04 Å². The Morgan fingerprint density at radius 1 is 1.04 bits per heavy atom. The van der Waals surface area contributed by atoms with Crippen molar-refractivity contribution in [3.8, 4) is 0 Å². The Labute approximate surface area is 149 Å². The molecule has 6 nitrogen and oxygen atoms in total. The van der Waals surface area contributed by atoms with Crippen LogP contribution >= 0.6 is 0 Å². The van der Waals surface area contributed by atoms with Crippen LogP contribution in [-0.4, -0.2) is 62.2 Å². The van der Waals surface area contributed by atoms with E-state index in [0.717, 1.165) is 31.5 Å². The predicted octanol–water partition coefficient (Wildman–Crippen LogP) is 2.34. The maximum Gasteiger partial charge on any atom is 0.168 e. The summed E-state index contributed by atoms with van der Waals surface area (Å²) in [5.74, 6) is 0.973. The van der Waals surface area contributed by atoms with E-state index < -0.39 is 0 Å². The number of hydrogen-bond acceptors (Lipinski definition) is 5. The van der Waals surface area contributed by atoms with Crippen molar-refractivity contribution in [1.29, 1.82) is 0 Å². The lowest BCUT2D eigenvalue weighted by Gasteiger charge is -2.37. The molecule has 0 bridgehead atoms. The topological polar surface area (TPSA) is 50.1 Å². The molecule has 2 aliphatic rings. The van der Waals surface area contributed by atoms with Crippen molar-refractivity contribution in [2.24, 2.45) is 0 Å². The van der Waals surface area contributed by atoms with Crippen LogP contribution in [0.4, 0.5) is 0 Å². The molecule has 2 heterocycles. The van der Waals surface area contributed by atoms with Gasteiger partial charge in [-0.2, -0.15) is 0 Å². The van der Waals surface area contributed by atoms with Gasteiger partial charge in [0, 0.05) is 25.7 Å². The minimum Gasteiger partial charge on any atom is -0.299 e. The van der Waals surface area contributed by atoms with Crippen LogP contribution in [0.2, 0.25) is 0 Å². The molecule has 2 fully saturated rings. The number of benzene rings is 1. The van der Waals surface area contributed by atoms with Gasteiger partial charge >= 0.3 is 0 Å². The van der Waals surface area contributed by atoms with E-state index in [2.05, 4.69) is 56.5 Å². The lowest BCUT2D eigenvalue weighted by atomic mass is 9.91. The second-order valence-corrected chi connectivity index (χ2v) is 7.37. The van der Waals surface area contributed by atoms with Crippen molar-refractivity contribution in [2.45, 2.75) is 51.2 Å². The van der Waals surface area contributed by atoms with Gasteiger partial charge in [-0.3, -0.25) is 9.80 Å². The molecule has 0 radical (unpaired) electrons. The third-order valence-electron chi connectivity index (χ3n) is 5.81. The van der Waals surface area contributed by atoms with Gasteiger partial charge < -0.3 is 0 Å². The largest absolute Gasteiger partial charge is 0.299 e. The fraction of sp³-hybridized carbons (Fsp3) is 0.632. The summed E-state index contributed by atoms with van der Waals surface area (Å²) in [5.41, 5.74) is 1.23. The van der Waals surface area contributed by atoms with Crippen LogP contribution in [0.25, 0.3) is 0 Å². The third kappa shape index (κ3) is 3.75. The third-order valence-corrected chi connectivity index (χ3v) is 5.81. The summed E-state index contributed by atoms with van der Waals surface area (Å²) in [5, 5.41) is 12.5. The Hall–Kier alpha value is -1.79.